The smallest absolute Gasteiger partial charge is 0.338 e. The molecular weight excluding hydrogens is 282 g/mol. The molecule has 114 valence electrons. The van der Waals surface area contributed by atoms with E-state index in [1.54, 1.807) is 7.05 Å². The number of phenols is 1. The number of carbonyl (C=O) groups excluding carboxylic acids is 2. The number of carbonyl (C=O) groups is 2. The number of hydrogen-bond donors (Lipinski definition) is 1. The van der Waals surface area contributed by atoms with Crippen molar-refractivity contribution >= 4 is 11.9 Å². The topological polar surface area (TPSA) is 66.8 Å². The molecule has 0 fully saturated rings. The number of likely N-dealkylation sites (N-methyl/N-ethyl adjacent to an activating group) is 1. The van der Waals surface area contributed by atoms with Crippen LogP contribution in [0.2, 0.25) is 0 Å². The Labute approximate surface area is 128 Å². The van der Waals surface area contributed by atoms with Crippen LogP contribution in [0.1, 0.15) is 15.9 Å². The van der Waals surface area contributed by atoms with E-state index in [1.165, 1.54) is 29.2 Å². The minimum absolute atomic E-state index is 0.0650. The minimum Gasteiger partial charge on any atom is -0.508 e. The maximum Gasteiger partial charge on any atom is 0.338 e. The van der Waals surface area contributed by atoms with Gasteiger partial charge in [-0.1, -0.05) is 30.3 Å². The normalized spacial score (nSPS) is 10.0. The van der Waals surface area contributed by atoms with E-state index in [-0.39, 0.29) is 23.8 Å². The lowest BCUT2D eigenvalue weighted by atomic mass is 10.2. The first-order valence-corrected chi connectivity index (χ1v) is 6.80. The Hall–Kier alpha value is -2.82. The predicted octanol–water partition coefficient (Wildman–Crippen LogP) is 2.21. The van der Waals surface area contributed by atoms with Gasteiger partial charge >= 0.3 is 5.97 Å². The molecular formula is C17H17NO4. The summed E-state index contributed by atoms with van der Waals surface area (Å²) in [6.45, 7) is 0.138. The Kier molecular flexibility index (Phi) is 5.14. The fourth-order valence-electron chi connectivity index (χ4n) is 1.86. The van der Waals surface area contributed by atoms with Crippen molar-refractivity contribution < 1.29 is 19.4 Å². The summed E-state index contributed by atoms with van der Waals surface area (Å²) in [5.41, 5.74) is 1.29. The first-order valence-electron chi connectivity index (χ1n) is 6.80. The van der Waals surface area contributed by atoms with E-state index in [1.807, 2.05) is 30.3 Å². The lowest BCUT2D eigenvalue weighted by Gasteiger charge is -2.17. The molecule has 0 aliphatic heterocycles. The monoisotopic (exact) mass is 299 g/mol. The molecule has 0 atom stereocenters. The van der Waals surface area contributed by atoms with Crippen LogP contribution in [0.15, 0.2) is 54.6 Å². The molecule has 0 unspecified atom stereocenters. The third-order valence-corrected chi connectivity index (χ3v) is 3.12. The number of nitrogens with zero attached hydrogens (tertiary/aromatic N) is 1. The van der Waals surface area contributed by atoms with Crippen LogP contribution >= 0.6 is 0 Å². The van der Waals surface area contributed by atoms with Gasteiger partial charge in [0, 0.05) is 13.6 Å². The molecule has 0 radical (unpaired) electrons. The van der Waals surface area contributed by atoms with Crippen LogP contribution in [-0.2, 0) is 16.1 Å². The van der Waals surface area contributed by atoms with Gasteiger partial charge in [0.15, 0.2) is 6.61 Å². The summed E-state index contributed by atoms with van der Waals surface area (Å²) in [5.74, 6) is -0.812. The standard InChI is InChI=1S/C17H17NO4/c1-18(11-13-5-3-2-4-6-13)16(20)12-22-17(21)14-7-9-15(19)10-8-14/h2-10,19H,11-12H2,1H3. The average molecular weight is 299 g/mol. The summed E-state index contributed by atoms with van der Waals surface area (Å²) in [5, 5.41) is 9.16. The van der Waals surface area contributed by atoms with Crippen molar-refractivity contribution in [1.29, 1.82) is 0 Å². The summed E-state index contributed by atoms with van der Waals surface area (Å²) in [4.78, 5) is 25.2. The SMILES string of the molecule is CN(Cc1ccccc1)C(=O)COC(=O)c1ccc(O)cc1. The van der Waals surface area contributed by atoms with Crippen LogP contribution in [0.4, 0.5) is 0 Å². The second kappa shape index (κ2) is 7.26. The summed E-state index contributed by atoms with van der Waals surface area (Å²) in [6.07, 6.45) is 0. The molecule has 2 rings (SSSR count). The predicted molar refractivity (Wildman–Crippen MR) is 81.3 cm³/mol. The first-order chi connectivity index (χ1) is 10.6. The van der Waals surface area contributed by atoms with Gasteiger partial charge in [0.2, 0.25) is 0 Å². The summed E-state index contributed by atoms with van der Waals surface area (Å²) >= 11 is 0. The molecule has 0 saturated heterocycles. The molecule has 1 amide bonds. The highest BCUT2D eigenvalue weighted by Gasteiger charge is 2.13. The number of aromatic hydroxyl groups is 1. The Bertz CT molecular complexity index is 637. The summed E-state index contributed by atoms with van der Waals surface area (Å²) in [6, 6.07) is 15.2. The molecule has 0 aromatic heterocycles. The highest BCUT2D eigenvalue weighted by Crippen LogP contribution is 2.10. The molecule has 0 aliphatic carbocycles. The highest BCUT2D eigenvalue weighted by molar-refractivity contribution is 5.91. The van der Waals surface area contributed by atoms with Gasteiger partial charge in [0.1, 0.15) is 5.75 Å². The third-order valence-electron chi connectivity index (χ3n) is 3.12. The van der Waals surface area contributed by atoms with E-state index in [4.69, 9.17) is 9.84 Å². The van der Waals surface area contributed by atoms with Gasteiger partial charge in [-0.3, -0.25) is 4.79 Å². The van der Waals surface area contributed by atoms with Gasteiger partial charge in [0.25, 0.3) is 5.91 Å². The van der Waals surface area contributed by atoms with Crippen molar-refractivity contribution in [2.75, 3.05) is 13.7 Å². The highest BCUT2D eigenvalue weighted by atomic mass is 16.5. The van der Waals surface area contributed by atoms with E-state index in [0.29, 0.717) is 6.54 Å². The van der Waals surface area contributed by atoms with Gasteiger partial charge in [0.05, 0.1) is 5.56 Å². The van der Waals surface area contributed by atoms with Crippen molar-refractivity contribution in [2.45, 2.75) is 6.54 Å². The molecule has 1 N–H and O–H groups in total. The molecule has 2 aromatic carbocycles. The van der Waals surface area contributed by atoms with Crippen molar-refractivity contribution in [2.24, 2.45) is 0 Å². The Morgan fingerprint density at radius 3 is 2.32 bits per heavy atom. The molecule has 0 spiro atoms. The van der Waals surface area contributed by atoms with Crippen LogP contribution in [-0.4, -0.2) is 35.5 Å². The van der Waals surface area contributed by atoms with Crippen LogP contribution in [0.5, 0.6) is 5.75 Å². The van der Waals surface area contributed by atoms with E-state index in [9.17, 15) is 9.59 Å². The molecule has 0 saturated carbocycles. The molecule has 5 nitrogen and oxygen atoms in total. The van der Waals surface area contributed by atoms with Crippen molar-refractivity contribution in [3.05, 3.63) is 65.7 Å². The van der Waals surface area contributed by atoms with Crippen LogP contribution in [0.25, 0.3) is 0 Å². The molecule has 22 heavy (non-hydrogen) atoms. The molecule has 0 aliphatic rings. The van der Waals surface area contributed by atoms with E-state index in [0.717, 1.165) is 5.56 Å². The van der Waals surface area contributed by atoms with Crippen molar-refractivity contribution in [1.82, 2.24) is 4.90 Å². The fourth-order valence-corrected chi connectivity index (χ4v) is 1.86. The molecule has 0 bridgehead atoms. The number of phenolic OH excluding ortho intramolecular Hbond substituents is 1. The van der Waals surface area contributed by atoms with Crippen molar-refractivity contribution in [3.8, 4) is 5.75 Å². The second-order valence-electron chi connectivity index (χ2n) is 4.86. The molecule has 2 aromatic rings. The fraction of sp³-hybridized carbons (Fsp3) is 0.176. The molecule has 5 heteroatoms. The lowest BCUT2D eigenvalue weighted by Crippen LogP contribution is -2.30. The number of benzene rings is 2. The number of ether oxygens (including phenoxy) is 1. The Balaban J connectivity index is 1.84. The number of hydrogen-bond acceptors (Lipinski definition) is 4. The van der Waals surface area contributed by atoms with Crippen LogP contribution in [0.3, 0.4) is 0 Å². The van der Waals surface area contributed by atoms with Crippen molar-refractivity contribution in [3.63, 3.8) is 0 Å². The van der Waals surface area contributed by atoms with Crippen LogP contribution < -0.4 is 0 Å². The lowest BCUT2D eigenvalue weighted by molar-refractivity contribution is -0.133. The van der Waals surface area contributed by atoms with Gasteiger partial charge < -0.3 is 14.7 Å². The van der Waals surface area contributed by atoms with Crippen LogP contribution in [0, 0.1) is 0 Å². The number of esters is 1. The summed E-state index contributed by atoms with van der Waals surface area (Å²) < 4.78 is 4.98. The van der Waals surface area contributed by atoms with Gasteiger partial charge in [-0.05, 0) is 29.8 Å². The average Bonchev–Trinajstić information content (AvgIpc) is 2.53. The van der Waals surface area contributed by atoms with E-state index >= 15 is 0 Å². The zero-order valence-corrected chi connectivity index (χ0v) is 12.2. The molecule has 0 heterocycles. The maximum atomic E-state index is 11.9. The quantitative estimate of drug-likeness (QED) is 0.860. The van der Waals surface area contributed by atoms with E-state index < -0.39 is 5.97 Å². The van der Waals surface area contributed by atoms with Gasteiger partial charge in [-0.25, -0.2) is 4.79 Å². The van der Waals surface area contributed by atoms with Gasteiger partial charge in [-0.2, -0.15) is 0 Å². The summed E-state index contributed by atoms with van der Waals surface area (Å²) in [7, 11) is 1.66. The van der Waals surface area contributed by atoms with E-state index in [2.05, 4.69) is 0 Å². The number of rotatable bonds is 5. The van der Waals surface area contributed by atoms with Gasteiger partial charge in [-0.15, -0.1) is 0 Å². The Morgan fingerprint density at radius 2 is 1.68 bits per heavy atom. The zero-order valence-electron chi connectivity index (χ0n) is 12.2. The maximum absolute atomic E-state index is 11.9. The third kappa shape index (κ3) is 4.34. The minimum atomic E-state index is -0.596. The number of amides is 1. The Morgan fingerprint density at radius 1 is 1.05 bits per heavy atom. The zero-order chi connectivity index (χ0) is 15.9. The largest absolute Gasteiger partial charge is 0.508 e. The first kappa shape index (κ1) is 15.6. The second-order valence-corrected chi connectivity index (χ2v) is 4.86.